The highest BCUT2D eigenvalue weighted by atomic mass is 32.1. The molecule has 0 spiro atoms. The predicted molar refractivity (Wildman–Crippen MR) is 45.6 cm³/mol. The van der Waals surface area contributed by atoms with E-state index in [4.69, 9.17) is 0 Å². The summed E-state index contributed by atoms with van der Waals surface area (Å²) in [6.45, 7) is 6.42. The van der Waals surface area contributed by atoms with Crippen LogP contribution in [0.5, 0.6) is 0 Å². The molecule has 0 aliphatic heterocycles. The zero-order chi connectivity index (χ0) is 7.56. The van der Waals surface area contributed by atoms with Gasteiger partial charge in [0.25, 0.3) is 0 Å². The molecule has 0 radical (unpaired) electrons. The molecule has 0 fully saturated rings. The van der Waals surface area contributed by atoms with Crippen LogP contribution in [0.1, 0.15) is 29.4 Å². The third-order valence-corrected chi connectivity index (χ3v) is 3.01. The molecule has 0 saturated carbocycles. The van der Waals surface area contributed by atoms with Gasteiger partial charge in [0.2, 0.25) is 0 Å². The Morgan fingerprint density at radius 3 is 2.30 bits per heavy atom. The number of rotatable bonds is 2. The fraction of sp³-hybridized carbons (Fsp3) is 0.625. The summed E-state index contributed by atoms with van der Waals surface area (Å²) < 4.78 is 0. The number of aryl methyl sites for hydroxylation is 3. The third-order valence-electron chi connectivity index (χ3n) is 1.56. The summed E-state index contributed by atoms with van der Waals surface area (Å²) in [6.07, 6.45) is 2.20. The minimum Gasteiger partial charge on any atom is -0.246 e. The Morgan fingerprint density at radius 1 is 1.30 bits per heavy atom. The summed E-state index contributed by atoms with van der Waals surface area (Å²) in [5.41, 5.74) is 1.23. The highest BCUT2D eigenvalue weighted by molar-refractivity contribution is 7.11. The van der Waals surface area contributed by atoms with Gasteiger partial charge in [-0.15, -0.1) is 11.3 Å². The van der Waals surface area contributed by atoms with Crippen molar-refractivity contribution in [2.45, 2.75) is 33.6 Å². The molecule has 0 amide bonds. The molecule has 56 valence electrons. The smallest absolute Gasteiger partial charge is 0.0928 e. The summed E-state index contributed by atoms with van der Waals surface area (Å²) in [5.74, 6) is 0. The van der Waals surface area contributed by atoms with E-state index in [-0.39, 0.29) is 0 Å². The summed E-state index contributed by atoms with van der Waals surface area (Å²) in [4.78, 5) is 5.86. The minimum absolute atomic E-state index is 1.07. The van der Waals surface area contributed by atoms with Gasteiger partial charge >= 0.3 is 0 Å². The topological polar surface area (TPSA) is 12.9 Å². The Bertz CT molecular complexity index is 215. The van der Waals surface area contributed by atoms with E-state index in [0.29, 0.717) is 0 Å². The summed E-state index contributed by atoms with van der Waals surface area (Å²) in [5, 5.41) is 1.27. The van der Waals surface area contributed by atoms with Gasteiger partial charge in [-0.05, 0) is 19.8 Å². The van der Waals surface area contributed by atoms with Gasteiger partial charge < -0.3 is 0 Å². The first-order chi connectivity index (χ1) is 4.77. The lowest BCUT2D eigenvalue weighted by Crippen LogP contribution is -1.78. The molecular weight excluding hydrogens is 142 g/mol. The van der Waals surface area contributed by atoms with E-state index in [1.807, 2.05) is 11.3 Å². The highest BCUT2D eigenvalue weighted by Gasteiger charge is 2.02. The van der Waals surface area contributed by atoms with Gasteiger partial charge in [-0.3, -0.25) is 0 Å². The van der Waals surface area contributed by atoms with Crippen LogP contribution in [0.3, 0.4) is 0 Å². The van der Waals surface area contributed by atoms with Gasteiger partial charge in [0.15, 0.2) is 0 Å². The molecule has 0 atom stereocenters. The second-order valence-corrected chi connectivity index (χ2v) is 3.49. The maximum atomic E-state index is 4.42. The van der Waals surface area contributed by atoms with Crippen molar-refractivity contribution in [2.24, 2.45) is 0 Å². The van der Waals surface area contributed by atoms with E-state index < -0.39 is 0 Å². The van der Waals surface area contributed by atoms with Crippen LogP contribution in [0.2, 0.25) is 0 Å². The molecule has 0 unspecified atom stereocenters. The summed E-state index contributed by atoms with van der Waals surface area (Å²) in [7, 11) is 0. The van der Waals surface area contributed by atoms with Crippen LogP contribution in [0.25, 0.3) is 0 Å². The van der Waals surface area contributed by atoms with E-state index in [0.717, 1.165) is 12.8 Å². The largest absolute Gasteiger partial charge is 0.246 e. The number of hydrogen-bond donors (Lipinski definition) is 0. The number of aromatic nitrogens is 1. The average molecular weight is 155 g/mol. The quantitative estimate of drug-likeness (QED) is 0.639. The maximum absolute atomic E-state index is 4.42. The molecular formula is C8H13NS. The van der Waals surface area contributed by atoms with Crippen LogP contribution in [0.15, 0.2) is 0 Å². The maximum Gasteiger partial charge on any atom is 0.0928 e. The molecule has 0 aliphatic rings. The molecule has 1 nitrogen and oxygen atoms in total. The first-order valence-electron chi connectivity index (χ1n) is 3.73. The standard InChI is InChI=1S/C8H13NS/c1-4-7-6(3)9-8(5-2)10-7/h4-5H2,1-3H3. The zero-order valence-electron chi connectivity index (χ0n) is 6.77. The van der Waals surface area contributed by atoms with Crippen molar-refractivity contribution in [3.63, 3.8) is 0 Å². The van der Waals surface area contributed by atoms with Crippen molar-refractivity contribution < 1.29 is 0 Å². The van der Waals surface area contributed by atoms with Crippen molar-refractivity contribution in [1.29, 1.82) is 0 Å². The molecule has 1 aromatic rings. The SMILES string of the molecule is CCc1nc(C)c(CC)s1. The predicted octanol–water partition coefficient (Wildman–Crippen LogP) is 2.58. The van der Waals surface area contributed by atoms with Gasteiger partial charge in [0.05, 0.1) is 10.7 Å². The first kappa shape index (κ1) is 7.73. The van der Waals surface area contributed by atoms with Gasteiger partial charge in [0, 0.05) is 4.88 Å². The van der Waals surface area contributed by atoms with E-state index in [1.54, 1.807) is 0 Å². The molecule has 2 heteroatoms. The van der Waals surface area contributed by atoms with Gasteiger partial charge in [-0.2, -0.15) is 0 Å². The van der Waals surface area contributed by atoms with Crippen molar-refractivity contribution in [3.8, 4) is 0 Å². The molecule has 1 rings (SSSR count). The minimum atomic E-state index is 1.07. The van der Waals surface area contributed by atoms with Crippen LogP contribution in [0, 0.1) is 6.92 Å². The number of hydrogen-bond acceptors (Lipinski definition) is 2. The summed E-state index contributed by atoms with van der Waals surface area (Å²) in [6, 6.07) is 0. The third kappa shape index (κ3) is 1.37. The van der Waals surface area contributed by atoms with Gasteiger partial charge in [-0.25, -0.2) is 4.98 Å². The Morgan fingerprint density at radius 2 is 2.00 bits per heavy atom. The van der Waals surface area contributed by atoms with Crippen LogP contribution in [-0.2, 0) is 12.8 Å². The van der Waals surface area contributed by atoms with E-state index in [1.165, 1.54) is 15.6 Å². The fourth-order valence-corrected chi connectivity index (χ4v) is 1.92. The van der Waals surface area contributed by atoms with Crippen LogP contribution in [0.4, 0.5) is 0 Å². The molecule has 10 heavy (non-hydrogen) atoms. The Balaban J connectivity index is 2.92. The van der Waals surface area contributed by atoms with E-state index in [9.17, 15) is 0 Å². The van der Waals surface area contributed by atoms with E-state index in [2.05, 4.69) is 25.8 Å². The van der Waals surface area contributed by atoms with Crippen molar-refractivity contribution in [2.75, 3.05) is 0 Å². The Hall–Kier alpha value is -0.370. The lowest BCUT2D eigenvalue weighted by atomic mass is 10.3. The van der Waals surface area contributed by atoms with Crippen molar-refractivity contribution in [1.82, 2.24) is 4.98 Å². The number of nitrogens with zero attached hydrogens (tertiary/aromatic N) is 1. The van der Waals surface area contributed by atoms with Gasteiger partial charge in [0.1, 0.15) is 0 Å². The molecule has 0 saturated heterocycles. The molecule has 0 bridgehead atoms. The van der Waals surface area contributed by atoms with E-state index >= 15 is 0 Å². The second-order valence-electron chi connectivity index (χ2n) is 2.32. The average Bonchev–Trinajstić information content (AvgIpc) is 2.30. The first-order valence-corrected chi connectivity index (χ1v) is 4.54. The Kier molecular flexibility index (Phi) is 2.44. The lowest BCUT2D eigenvalue weighted by Gasteiger charge is -1.85. The number of thiazole rings is 1. The molecule has 0 aromatic carbocycles. The summed E-state index contributed by atoms with van der Waals surface area (Å²) >= 11 is 1.85. The highest BCUT2D eigenvalue weighted by Crippen LogP contribution is 2.18. The van der Waals surface area contributed by atoms with Crippen molar-refractivity contribution in [3.05, 3.63) is 15.6 Å². The Labute approximate surface area is 66.1 Å². The molecule has 0 aliphatic carbocycles. The molecule has 1 aromatic heterocycles. The molecule has 1 heterocycles. The second kappa shape index (κ2) is 3.15. The van der Waals surface area contributed by atoms with Crippen LogP contribution in [-0.4, -0.2) is 4.98 Å². The lowest BCUT2D eigenvalue weighted by molar-refractivity contribution is 1.05. The van der Waals surface area contributed by atoms with Gasteiger partial charge in [-0.1, -0.05) is 13.8 Å². The van der Waals surface area contributed by atoms with Crippen LogP contribution >= 0.6 is 11.3 Å². The monoisotopic (exact) mass is 155 g/mol. The van der Waals surface area contributed by atoms with Crippen LogP contribution < -0.4 is 0 Å². The van der Waals surface area contributed by atoms with Crippen molar-refractivity contribution >= 4 is 11.3 Å². The molecule has 0 N–H and O–H groups in total. The fourth-order valence-electron chi connectivity index (χ4n) is 0.968. The zero-order valence-corrected chi connectivity index (χ0v) is 7.59. The normalized spacial score (nSPS) is 10.3.